The van der Waals surface area contributed by atoms with Crippen molar-refractivity contribution in [1.82, 2.24) is 4.90 Å². The summed E-state index contributed by atoms with van der Waals surface area (Å²) in [6.07, 6.45) is 7.19. The number of rotatable bonds is 11. The summed E-state index contributed by atoms with van der Waals surface area (Å²) in [5.74, 6) is 3.29. The number of ether oxygens (including phenoxy) is 1. The lowest BCUT2D eigenvalue weighted by molar-refractivity contribution is -0.456. The molecule has 0 N–H and O–H groups in total. The van der Waals surface area contributed by atoms with E-state index in [1.807, 2.05) is 43.7 Å². The Labute approximate surface area is 152 Å². The van der Waals surface area contributed by atoms with E-state index in [-0.39, 0.29) is 5.82 Å². The van der Waals surface area contributed by atoms with Crippen molar-refractivity contribution >= 4 is 11.4 Å². The summed E-state index contributed by atoms with van der Waals surface area (Å²) in [6, 6.07) is 5.19. The van der Waals surface area contributed by atoms with Crippen LogP contribution < -0.4 is 4.74 Å². The van der Waals surface area contributed by atoms with Gasteiger partial charge in [-0.05, 0) is 44.3 Å². The average molecular weight is 350 g/mol. The average Bonchev–Trinajstić information content (AvgIpc) is 2.53. The van der Waals surface area contributed by atoms with Gasteiger partial charge in [-0.25, -0.2) is 4.39 Å². The molecule has 0 saturated carbocycles. The maximum absolute atomic E-state index is 14.4. The Hall–Kier alpha value is -1.64. The molecule has 140 valence electrons. The summed E-state index contributed by atoms with van der Waals surface area (Å²) in [7, 11) is 7.82. The predicted octanol–water partition coefficient (Wildman–Crippen LogP) is 4.45. The maximum atomic E-state index is 14.4. The van der Waals surface area contributed by atoms with Crippen LogP contribution >= 0.6 is 0 Å². The van der Waals surface area contributed by atoms with Crippen LogP contribution in [0.4, 0.5) is 4.39 Å². The second-order valence-electron chi connectivity index (χ2n) is 6.98. The Morgan fingerprint density at radius 2 is 1.80 bits per heavy atom. The predicted molar refractivity (Wildman–Crippen MR) is 104 cm³/mol. The molecule has 0 unspecified atom stereocenters. The summed E-state index contributed by atoms with van der Waals surface area (Å²) in [5.41, 5.74) is 1.79. The van der Waals surface area contributed by atoms with Crippen molar-refractivity contribution in [3.8, 4) is 5.75 Å². The highest BCUT2D eigenvalue weighted by molar-refractivity contribution is 5.88. The first kappa shape index (κ1) is 21.4. The van der Waals surface area contributed by atoms with Gasteiger partial charge in [0, 0.05) is 6.54 Å². The highest BCUT2D eigenvalue weighted by Crippen LogP contribution is 2.22. The minimum atomic E-state index is -0.305. The van der Waals surface area contributed by atoms with E-state index in [0.29, 0.717) is 18.9 Å². The van der Waals surface area contributed by atoms with E-state index < -0.39 is 0 Å². The van der Waals surface area contributed by atoms with E-state index in [9.17, 15) is 4.39 Å². The molecule has 0 saturated heterocycles. The molecule has 25 heavy (non-hydrogen) atoms. The first-order valence-corrected chi connectivity index (χ1v) is 9.31. The van der Waals surface area contributed by atoms with Crippen molar-refractivity contribution in [1.29, 1.82) is 0 Å². The highest BCUT2D eigenvalue weighted by atomic mass is 19.1. The van der Waals surface area contributed by atoms with E-state index in [1.165, 1.54) is 25.7 Å². The largest absolute Gasteiger partial charge is 0.491 e. The van der Waals surface area contributed by atoms with Gasteiger partial charge in [0.25, 0.3) is 0 Å². The number of unbranched alkanes of at least 4 members (excludes halogenated alkanes) is 5. The third-order valence-electron chi connectivity index (χ3n) is 3.87. The van der Waals surface area contributed by atoms with Gasteiger partial charge in [-0.2, -0.15) is 4.58 Å². The topological polar surface area (TPSA) is 15.5 Å². The molecule has 4 heteroatoms. The van der Waals surface area contributed by atoms with Gasteiger partial charge in [0.1, 0.15) is 14.1 Å². The minimum Gasteiger partial charge on any atom is -0.491 e. The lowest BCUT2D eigenvalue weighted by atomic mass is 10.1. The third kappa shape index (κ3) is 8.85. The van der Waals surface area contributed by atoms with Gasteiger partial charge in [0.15, 0.2) is 17.4 Å². The molecule has 0 bridgehead atoms. The van der Waals surface area contributed by atoms with Crippen LogP contribution in [-0.2, 0) is 0 Å². The maximum Gasteiger partial charge on any atom is 0.172 e. The Morgan fingerprint density at radius 3 is 2.40 bits per heavy atom. The molecule has 3 nitrogen and oxygen atoms in total. The number of hydrogen-bond acceptors (Lipinski definition) is 2. The standard InChI is InChI=1S/C21H34FN2O/c1-6-7-8-9-10-11-14-25-21-13-12-18(15-20(21)22)19(16-23(2)3)17-24(4)5/h12-13,15H,6-11,14,16H2,1-5H3/q+1. The van der Waals surface area contributed by atoms with Gasteiger partial charge < -0.3 is 9.64 Å². The Morgan fingerprint density at radius 1 is 1.12 bits per heavy atom. The van der Waals surface area contributed by atoms with E-state index >= 15 is 0 Å². The van der Waals surface area contributed by atoms with Crippen molar-refractivity contribution in [3.63, 3.8) is 0 Å². The fourth-order valence-electron chi connectivity index (χ4n) is 2.65. The van der Waals surface area contributed by atoms with Crippen molar-refractivity contribution in [3.05, 3.63) is 29.6 Å². The van der Waals surface area contributed by atoms with Gasteiger partial charge in [-0.1, -0.05) is 39.0 Å². The lowest BCUT2D eigenvalue weighted by Crippen LogP contribution is -2.16. The van der Waals surface area contributed by atoms with E-state index in [2.05, 4.69) is 12.8 Å². The van der Waals surface area contributed by atoms with Crippen molar-refractivity contribution in [2.75, 3.05) is 41.3 Å². The second-order valence-corrected chi connectivity index (χ2v) is 6.98. The van der Waals surface area contributed by atoms with Crippen molar-refractivity contribution in [2.45, 2.75) is 45.4 Å². The zero-order chi connectivity index (χ0) is 18.7. The molecule has 0 fully saturated rings. The monoisotopic (exact) mass is 349 g/mol. The summed E-state index contributed by atoms with van der Waals surface area (Å²) in [4.78, 5) is 2.05. The van der Waals surface area contributed by atoms with Gasteiger partial charge in [-0.15, -0.1) is 0 Å². The van der Waals surface area contributed by atoms with E-state index in [0.717, 1.165) is 24.0 Å². The molecule has 0 heterocycles. The molecule has 0 amide bonds. The van der Waals surface area contributed by atoms with Crippen LogP contribution in [0.15, 0.2) is 18.2 Å². The molecule has 0 aliphatic rings. The zero-order valence-electron chi connectivity index (χ0n) is 16.6. The second kappa shape index (κ2) is 11.8. The van der Waals surface area contributed by atoms with E-state index in [1.54, 1.807) is 12.1 Å². The van der Waals surface area contributed by atoms with Crippen LogP contribution in [-0.4, -0.2) is 56.7 Å². The highest BCUT2D eigenvalue weighted by Gasteiger charge is 2.11. The lowest BCUT2D eigenvalue weighted by Gasteiger charge is -2.12. The van der Waals surface area contributed by atoms with E-state index in [4.69, 9.17) is 4.74 Å². The molecule has 1 rings (SSSR count). The first-order chi connectivity index (χ1) is 11.9. The first-order valence-electron chi connectivity index (χ1n) is 9.31. The number of halogens is 1. The molecule has 0 aliphatic carbocycles. The number of hydrogen-bond donors (Lipinski definition) is 0. The third-order valence-corrected chi connectivity index (χ3v) is 3.87. The Kier molecular flexibility index (Phi) is 10.1. The molecule has 1 aromatic carbocycles. The quantitative estimate of drug-likeness (QED) is 0.333. The molecule has 0 radical (unpaired) electrons. The van der Waals surface area contributed by atoms with Gasteiger partial charge >= 0.3 is 0 Å². The van der Waals surface area contributed by atoms with Crippen molar-refractivity contribution < 1.29 is 13.7 Å². The fourth-order valence-corrected chi connectivity index (χ4v) is 2.65. The number of nitrogens with zero attached hydrogens (tertiary/aromatic N) is 2. The minimum absolute atomic E-state index is 0.305. The molecule has 1 aromatic rings. The molecule has 0 spiro atoms. The van der Waals surface area contributed by atoms with Crippen molar-refractivity contribution in [2.24, 2.45) is 0 Å². The molecular weight excluding hydrogens is 315 g/mol. The normalized spacial score (nSPS) is 10.7. The van der Waals surface area contributed by atoms with Gasteiger partial charge in [0.05, 0.1) is 12.2 Å². The smallest absolute Gasteiger partial charge is 0.172 e. The summed E-state index contributed by atoms with van der Waals surface area (Å²) in [6.45, 7) is 3.49. The van der Waals surface area contributed by atoms with Gasteiger partial charge in [0.2, 0.25) is 0 Å². The van der Waals surface area contributed by atoms with Crippen LogP contribution in [0.25, 0.3) is 5.57 Å². The number of benzene rings is 1. The molecule has 0 aliphatic heterocycles. The zero-order valence-corrected chi connectivity index (χ0v) is 16.6. The summed E-state index contributed by atoms with van der Waals surface area (Å²) < 4.78 is 21.8. The summed E-state index contributed by atoms with van der Waals surface area (Å²) in [5, 5.41) is 0. The SMILES string of the molecule is CCCCCCCCOc1ccc(C(=C=[N+](C)C)CN(C)C)cc1F. The summed E-state index contributed by atoms with van der Waals surface area (Å²) >= 11 is 0. The van der Waals surface area contributed by atoms with Crippen LogP contribution in [0.3, 0.4) is 0 Å². The Balaban J connectivity index is 2.65. The van der Waals surface area contributed by atoms with Gasteiger partial charge in [-0.3, -0.25) is 0 Å². The van der Waals surface area contributed by atoms with Crippen LogP contribution in [0.2, 0.25) is 0 Å². The number of likely N-dealkylation sites (N-methyl/N-ethyl adjacent to an activating group) is 1. The molecule has 0 aromatic heterocycles. The molecule has 0 atom stereocenters. The fraction of sp³-hybridized carbons (Fsp3) is 0.619. The van der Waals surface area contributed by atoms with Crippen LogP contribution in [0.1, 0.15) is 51.0 Å². The Bertz CT molecular complexity index is 586. The van der Waals surface area contributed by atoms with Crippen LogP contribution in [0.5, 0.6) is 5.75 Å². The van der Waals surface area contributed by atoms with Crippen LogP contribution in [0, 0.1) is 5.82 Å². The molecular formula is C21H34FN2O+.